The van der Waals surface area contributed by atoms with Crippen LogP contribution in [0.15, 0.2) is 54.9 Å². The van der Waals surface area contributed by atoms with Crippen LogP contribution in [0.25, 0.3) is 34.2 Å². The van der Waals surface area contributed by atoms with Crippen molar-refractivity contribution in [1.29, 1.82) is 0 Å². The van der Waals surface area contributed by atoms with Gasteiger partial charge in [0.2, 0.25) is 5.79 Å². The Morgan fingerprint density at radius 2 is 1.74 bits per heavy atom. The van der Waals surface area contributed by atoms with Crippen molar-refractivity contribution >= 4 is 46.5 Å². The van der Waals surface area contributed by atoms with E-state index in [1.165, 1.54) is 6.08 Å². The van der Waals surface area contributed by atoms with E-state index < -0.39 is 23.7 Å². The number of hydrogen-bond acceptors (Lipinski definition) is 6. The van der Waals surface area contributed by atoms with Crippen LogP contribution in [-0.2, 0) is 17.8 Å². The van der Waals surface area contributed by atoms with Gasteiger partial charge in [0.25, 0.3) is 11.8 Å². The summed E-state index contributed by atoms with van der Waals surface area (Å²) in [6.07, 6.45) is 6.29. The van der Waals surface area contributed by atoms with E-state index in [0.717, 1.165) is 0 Å². The molecule has 39 heavy (non-hydrogen) atoms. The summed E-state index contributed by atoms with van der Waals surface area (Å²) in [6, 6.07) is 12.6. The lowest BCUT2D eigenvalue weighted by Gasteiger charge is -2.28. The Morgan fingerprint density at radius 1 is 1.00 bits per heavy atom. The lowest BCUT2D eigenvalue weighted by atomic mass is 9.92. The molecule has 4 N–H and O–H groups in total. The average molecular weight is 548 g/mol. The third-order valence-corrected chi connectivity index (χ3v) is 7.54. The van der Waals surface area contributed by atoms with Crippen LogP contribution >= 0.6 is 11.6 Å². The van der Waals surface area contributed by atoms with Gasteiger partial charge in [0.15, 0.2) is 0 Å². The number of rotatable bonds is 8. The number of fused-ring (bicyclic) bond motifs is 5. The number of carbonyl (C=O) groups excluding carboxylic acids is 2. The van der Waals surface area contributed by atoms with E-state index in [0.29, 0.717) is 50.6 Å². The van der Waals surface area contributed by atoms with Crippen LogP contribution in [0.3, 0.4) is 0 Å². The Kier molecular flexibility index (Phi) is 6.41. The second kappa shape index (κ2) is 9.78. The molecule has 0 saturated heterocycles. The number of aryl methyl sites for hydroxylation is 1. The zero-order valence-electron chi connectivity index (χ0n) is 20.8. The van der Waals surface area contributed by atoms with Crippen molar-refractivity contribution in [2.24, 2.45) is 0 Å². The Bertz CT molecular complexity index is 1740. The van der Waals surface area contributed by atoms with Crippen LogP contribution in [0.1, 0.15) is 27.1 Å². The van der Waals surface area contributed by atoms with Gasteiger partial charge in [-0.2, -0.15) is 0 Å². The van der Waals surface area contributed by atoms with E-state index in [9.17, 15) is 24.9 Å². The summed E-state index contributed by atoms with van der Waals surface area (Å²) in [6.45, 7) is 0.939. The number of halogens is 1. The van der Waals surface area contributed by atoms with Gasteiger partial charge in [-0.05, 0) is 48.4 Å². The van der Waals surface area contributed by atoms with E-state index in [1.807, 2.05) is 29.1 Å². The number of aliphatic hydroxyl groups is 3. The average Bonchev–Trinajstić information content (AvgIpc) is 3.59. The number of nitrogens with zero attached hydrogens (tertiary/aromatic N) is 2. The minimum Gasteiger partial charge on any atom is -0.395 e. The monoisotopic (exact) mass is 547 g/mol. The minimum atomic E-state index is -2.37. The first kappa shape index (κ1) is 25.5. The third-order valence-electron chi connectivity index (χ3n) is 7.21. The first-order valence-corrected chi connectivity index (χ1v) is 13.0. The van der Waals surface area contributed by atoms with Crippen molar-refractivity contribution in [3.63, 3.8) is 0 Å². The molecule has 0 bridgehead atoms. The molecule has 3 heterocycles. The van der Waals surface area contributed by atoms with Gasteiger partial charge in [0.05, 0.1) is 23.3 Å². The molecule has 4 aromatic rings. The maximum absolute atomic E-state index is 13.1. The SMILES string of the molecule is O=C1NC(=O)c2c1c(-c1ccccc1Cl)cc1c2c2c(n1CCO)=CC(OCCCn1cccc1)C(O)(O)C=2. The second-order valence-electron chi connectivity index (χ2n) is 9.67. The van der Waals surface area contributed by atoms with E-state index in [4.69, 9.17) is 16.3 Å². The van der Waals surface area contributed by atoms with Crippen molar-refractivity contribution < 1.29 is 29.6 Å². The Hall–Kier alpha value is -3.73. The molecule has 6 rings (SSSR count). The standard InChI is InChI=1S/C29H26ClN3O6/c30-20-7-2-1-6-17(20)18-14-22-24(26-25(18)27(35)31-28(26)36)19-16-29(37,38)23(15-21(19)33(22)11-12-34)39-13-5-10-32-8-3-4-9-32/h1-4,6-9,14-16,23,34,37-38H,5,10-13H2,(H,31,35,36). The molecule has 10 heteroatoms. The Labute approximate surface area is 227 Å². The van der Waals surface area contributed by atoms with E-state index in [1.54, 1.807) is 41.0 Å². The normalized spacial score (nSPS) is 17.5. The molecule has 1 aliphatic heterocycles. The summed E-state index contributed by atoms with van der Waals surface area (Å²) < 4.78 is 9.70. The Morgan fingerprint density at radius 3 is 2.49 bits per heavy atom. The fourth-order valence-corrected chi connectivity index (χ4v) is 5.75. The molecule has 0 fully saturated rings. The summed E-state index contributed by atoms with van der Waals surface area (Å²) in [5.74, 6) is -3.51. The summed E-state index contributed by atoms with van der Waals surface area (Å²) in [5.41, 5.74) is 1.89. The predicted octanol–water partition coefficient (Wildman–Crippen LogP) is 1.37. The number of imide groups is 1. The minimum absolute atomic E-state index is 0.131. The van der Waals surface area contributed by atoms with Crippen molar-refractivity contribution in [1.82, 2.24) is 14.5 Å². The molecule has 1 atom stereocenters. The lowest BCUT2D eigenvalue weighted by Crippen LogP contribution is -2.50. The van der Waals surface area contributed by atoms with Crippen LogP contribution in [0.5, 0.6) is 0 Å². The topological polar surface area (TPSA) is 126 Å². The fourth-order valence-electron chi connectivity index (χ4n) is 5.52. The first-order chi connectivity index (χ1) is 18.8. The number of amides is 2. The number of hydrogen-bond donors (Lipinski definition) is 4. The summed E-state index contributed by atoms with van der Waals surface area (Å²) in [7, 11) is 0. The fraction of sp³-hybridized carbons (Fsp3) is 0.241. The van der Waals surface area contributed by atoms with Gasteiger partial charge >= 0.3 is 0 Å². The molecule has 2 aromatic heterocycles. The van der Waals surface area contributed by atoms with E-state index >= 15 is 0 Å². The zero-order valence-corrected chi connectivity index (χ0v) is 21.6. The molecule has 200 valence electrons. The molecule has 1 unspecified atom stereocenters. The first-order valence-electron chi connectivity index (χ1n) is 12.6. The third kappa shape index (κ3) is 4.28. The van der Waals surface area contributed by atoms with Gasteiger partial charge in [0, 0.05) is 58.6 Å². The number of aliphatic hydroxyl groups excluding tert-OH is 1. The van der Waals surface area contributed by atoms with Gasteiger partial charge in [-0.25, -0.2) is 0 Å². The number of nitrogens with one attached hydrogen (secondary N) is 1. The van der Waals surface area contributed by atoms with Crippen LogP contribution in [0, 0.1) is 0 Å². The number of ether oxygens (including phenoxy) is 1. The molecule has 0 radical (unpaired) electrons. The van der Waals surface area contributed by atoms with Crippen molar-refractivity contribution in [3.8, 4) is 11.1 Å². The summed E-state index contributed by atoms with van der Waals surface area (Å²) in [5, 5.41) is 36.0. The van der Waals surface area contributed by atoms with Crippen LogP contribution < -0.4 is 15.9 Å². The van der Waals surface area contributed by atoms with Crippen molar-refractivity contribution in [2.75, 3.05) is 13.2 Å². The molecule has 0 saturated carbocycles. The molecule has 2 aliphatic rings. The smallest absolute Gasteiger partial charge is 0.259 e. The van der Waals surface area contributed by atoms with Gasteiger partial charge < -0.3 is 29.2 Å². The zero-order chi connectivity index (χ0) is 27.3. The maximum atomic E-state index is 13.1. The quantitative estimate of drug-likeness (QED) is 0.150. The summed E-state index contributed by atoms with van der Waals surface area (Å²) >= 11 is 6.49. The maximum Gasteiger partial charge on any atom is 0.259 e. The van der Waals surface area contributed by atoms with E-state index in [2.05, 4.69) is 5.32 Å². The van der Waals surface area contributed by atoms with Crippen molar-refractivity contribution in [3.05, 3.63) is 81.6 Å². The number of benzene rings is 2. The molecule has 1 aliphatic carbocycles. The molecule has 9 nitrogen and oxygen atoms in total. The highest BCUT2D eigenvalue weighted by Crippen LogP contribution is 2.37. The molecular weight excluding hydrogens is 522 g/mol. The largest absolute Gasteiger partial charge is 0.395 e. The van der Waals surface area contributed by atoms with Gasteiger partial charge in [-0.3, -0.25) is 14.9 Å². The number of carbonyl (C=O) groups is 2. The van der Waals surface area contributed by atoms with Crippen LogP contribution in [-0.4, -0.2) is 61.4 Å². The van der Waals surface area contributed by atoms with Gasteiger partial charge in [-0.15, -0.1) is 0 Å². The number of aromatic nitrogens is 2. The molecule has 2 amide bonds. The van der Waals surface area contributed by atoms with Crippen molar-refractivity contribution in [2.45, 2.75) is 31.4 Å². The lowest BCUT2D eigenvalue weighted by molar-refractivity contribution is -0.173. The second-order valence-corrected chi connectivity index (χ2v) is 10.1. The highest BCUT2D eigenvalue weighted by atomic mass is 35.5. The highest BCUT2D eigenvalue weighted by Gasteiger charge is 2.38. The molecule has 0 spiro atoms. The molecule has 2 aromatic carbocycles. The van der Waals surface area contributed by atoms with Crippen LogP contribution in [0.4, 0.5) is 0 Å². The highest BCUT2D eigenvalue weighted by molar-refractivity contribution is 6.35. The predicted molar refractivity (Wildman–Crippen MR) is 145 cm³/mol. The van der Waals surface area contributed by atoms with Gasteiger partial charge in [-0.1, -0.05) is 29.8 Å². The van der Waals surface area contributed by atoms with Gasteiger partial charge in [0.1, 0.15) is 6.10 Å². The molecular formula is C29H26ClN3O6. The Balaban J connectivity index is 1.53. The summed E-state index contributed by atoms with van der Waals surface area (Å²) in [4.78, 5) is 26.1. The van der Waals surface area contributed by atoms with Crippen LogP contribution in [0.2, 0.25) is 5.02 Å². The van der Waals surface area contributed by atoms with E-state index in [-0.39, 0.29) is 30.9 Å².